The van der Waals surface area contributed by atoms with Crippen LogP contribution in [0.15, 0.2) is 53.4 Å². The van der Waals surface area contributed by atoms with Crippen LogP contribution in [0.5, 0.6) is 0 Å². The summed E-state index contributed by atoms with van der Waals surface area (Å²) < 4.78 is 4.98. The zero-order valence-corrected chi connectivity index (χ0v) is 21.9. The van der Waals surface area contributed by atoms with Gasteiger partial charge in [-0.2, -0.15) is 0 Å². The molecule has 0 radical (unpaired) electrons. The number of esters is 1. The van der Waals surface area contributed by atoms with Gasteiger partial charge in [0.05, 0.1) is 23.3 Å². The van der Waals surface area contributed by atoms with Crippen molar-refractivity contribution in [3.8, 4) is 0 Å². The monoisotopic (exact) mass is 539 g/mol. The number of thiophene rings is 1. The van der Waals surface area contributed by atoms with Crippen LogP contribution in [0.1, 0.15) is 44.5 Å². The first-order valence-electron chi connectivity index (χ1n) is 11.6. The maximum atomic E-state index is 12.8. The van der Waals surface area contributed by atoms with Crippen molar-refractivity contribution >= 4 is 57.3 Å². The third-order valence-corrected chi connectivity index (χ3v) is 8.10. The SMILES string of the molecule is COC(=O)c1c(NC(=O)CSc2cccc(NC(=O)c3cccc([N+](=O)[O-])c3)c2)sc2c1CCC(C)C2. The quantitative estimate of drug-likeness (QED) is 0.166. The lowest BCUT2D eigenvalue weighted by molar-refractivity contribution is -0.384. The third kappa shape index (κ3) is 6.36. The van der Waals surface area contributed by atoms with E-state index in [-0.39, 0.29) is 22.9 Å². The fraction of sp³-hybridized carbons (Fsp3) is 0.269. The van der Waals surface area contributed by atoms with Gasteiger partial charge in [0.2, 0.25) is 5.91 Å². The average Bonchev–Trinajstić information content (AvgIpc) is 3.23. The molecule has 1 heterocycles. The number of nitro groups is 1. The van der Waals surface area contributed by atoms with Gasteiger partial charge in [0.1, 0.15) is 5.00 Å². The molecular weight excluding hydrogens is 514 g/mol. The van der Waals surface area contributed by atoms with E-state index in [1.807, 2.05) is 6.07 Å². The van der Waals surface area contributed by atoms with E-state index in [1.54, 1.807) is 18.2 Å². The van der Waals surface area contributed by atoms with Crippen LogP contribution >= 0.6 is 23.1 Å². The lowest BCUT2D eigenvalue weighted by atomic mass is 9.88. The number of anilines is 2. The van der Waals surface area contributed by atoms with E-state index in [0.717, 1.165) is 34.6 Å². The highest BCUT2D eigenvalue weighted by atomic mass is 32.2. The molecule has 1 aromatic heterocycles. The van der Waals surface area contributed by atoms with Gasteiger partial charge in [0.25, 0.3) is 11.6 Å². The van der Waals surface area contributed by atoms with Crippen LogP contribution < -0.4 is 10.6 Å². The number of carbonyl (C=O) groups is 3. The average molecular weight is 540 g/mol. The number of hydrogen-bond donors (Lipinski definition) is 2. The Morgan fingerprint density at radius 2 is 1.95 bits per heavy atom. The summed E-state index contributed by atoms with van der Waals surface area (Å²) in [6.07, 6.45) is 2.66. The van der Waals surface area contributed by atoms with Gasteiger partial charge in [-0.15, -0.1) is 23.1 Å². The fourth-order valence-electron chi connectivity index (χ4n) is 4.10. The normalized spacial score (nSPS) is 14.4. The van der Waals surface area contributed by atoms with Gasteiger partial charge < -0.3 is 15.4 Å². The van der Waals surface area contributed by atoms with Gasteiger partial charge in [-0.25, -0.2) is 4.79 Å². The number of amides is 2. The summed E-state index contributed by atoms with van der Waals surface area (Å²) in [6, 6.07) is 12.4. The molecule has 2 aromatic carbocycles. The summed E-state index contributed by atoms with van der Waals surface area (Å²) in [5.74, 6) is -0.549. The molecule has 1 unspecified atom stereocenters. The number of thioether (sulfide) groups is 1. The number of nitrogens with zero attached hydrogens (tertiary/aromatic N) is 1. The maximum Gasteiger partial charge on any atom is 0.341 e. The molecule has 0 spiro atoms. The highest BCUT2D eigenvalue weighted by Crippen LogP contribution is 2.40. The van der Waals surface area contributed by atoms with Gasteiger partial charge in [-0.05, 0) is 55.0 Å². The lowest BCUT2D eigenvalue weighted by Crippen LogP contribution is -2.17. The van der Waals surface area contributed by atoms with Crippen LogP contribution in [0.4, 0.5) is 16.4 Å². The van der Waals surface area contributed by atoms with Crippen molar-refractivity contribution in [3.05, 3.63) is 80.2 Å². The summed E-state index contributed by atoms with van der Waals surface area (Å²) in [7, 11) is 1.34. The molecule has 9 nitrogen and oxygen atoms in total. The Morgan fingerprint density at radius 3 is 2.70 bits per heavy atom. The van der Waals surface area contributed by atoms with Crippen LogP contribution in [0.2, 0.25) is 0 Å². The lowest BCUT2D eigenvalue weighted by Gasteiger charge is -2.18. The zero-order chi connectivity index (χ0) is 26.5. The van der Waals surface area contributed by atoms with Gasteiger partial charge >= 0.3 is 5.97 Å². The van der Waals surface area contributed by atoms with Crippen molar-refractivity contribution in [2.75, 3.05) is 23.5 Å². The minimum atomic E-state index is -0.556. The number of rotatable bonds is 8. The van der Waals surface area contributed by atoms with Crippen molar-refractivity contribution < 1.29 is 24.0 Å². The van der Waals surface area contributed by atoms with Crippen LogP contribution in [0, 0.1) is 16.0 Å². The summed E-state index contributed by atoms with van der Waals surface area (Å²) in [4.78, 5) is 50.0. The Hall–Kier alpha value is -3.70. The summed E-state index contributed by atoms with van der Waals surface area (Å²) in [5.41, 5.74) is 1.93. The van der Waals surface area contributed by atoms with Crippen molar-refractivity contribution in [3.63, 3.8) is 0 Å². The highest BCUT2D eigenvalue weighted by molar-refractivity contribution is 8.00. The van der Waals surface area contributed by atoms with Gasteiger partial charge in [0.15, 0.2) is 0 Å². The first kappa shape index (κ1) is 26.4. The Morgan fingerprint density at radius 1 is 1.16 bits per heavy atom. The fourth-order valence-corrected chi connectivity index (χ4v) is 6.27. The topological polar surface area (TPSA) is 128 Å². The molecule has 0 bridgehead atoms. The van der Waals surface area contributed by atoms with E-state index in [0.29, 0.717) is 22.2 Å². The summed E-state index contributed by atoms with van der Waals surface area (Å²) >= 11 is 2.72. The molecule has 0 saturated heterocycles. The molecule has 3 aromatic rings. The van der Waals surface area contributed by atoms with Crippen LogP contribution in [0.25, 0.3) is 0 Å². The number of nitro benzene ring substituents is 1. The number of nitrogens with one attached hydrogen (secondary N) is 2. The standard InChI is InChI=1S/C26H25N3O6S2/c1-15-9-10-20-21(11-15)37-25(23(20)26(32)35-2)28-22(30)14-36-19-8-4-6-17(13-19)27-24(31)16-5-3-7-18(12-16)29(33)34/h3-8,12-13,15H,9-11,14H2,1-2H3,(H,27,31)(H,28,30). The Balaban J connectivity index is 1.40. The number of carbonyl (C=O) groups excluding carboxylic acids is 3. The number of methoxy groups -OCH3 is 1. The summed E-state index contributed by atoms with van der Waals surface area (Å²) in [6.45, 7) is 2.18. The van der Waals surface area contributed by atoms with E-state index < -0.39 is 16.8 Å². The van der Waals surface area contributed by atoms with Crippen LogP contribution in [0.3, 0.4) is 0 Å². The van der Waals surface area contributed by atoms with Crippen LogP contribution in [-0.4, -0.2) is 35.6 Å². The Kier molecular flexibility index (Phi) is 8.24. The van der Waals surface area contributed by atoms with Gasteiger partial charge in [0, 0.05) is 33.2 Å². The zero-order valence-electron chi connectivity index (χ0n) is 20.2. The molecular formula is C26H25N3O6S2. The number of ether oxygens (including phenoxy) is 1. The van der Waals surface area contributed by atoms with E-state index in [9.17, 15) is 24.5 Å². The molecule has 4 rings (SSSR count). The second kappa shape index (κ2) is 11.6. The number of non-ortho nitro benzene ring substituents is 1. The predicted octanol–water partition coefficient (Wildman–Crippen LogP) is 5.55. The van der Waals surface area contributed by atoms with Crippen molar-refractivity contribution in [2.24, 2.45) is 5.92 Å². The van der Waals surface area contributed by atoms with E-state index >= 15 is 0 Å². The minimum Gasteiger partial charge on any atom is -0.465 e. The summed E-state index contributed by atoms with van der Waals surface area (Å²) in [5, 5.41) is 17.1. The molecule has 37 heavy (non-hydrogen) atoms. The highest BCUT2D eigenvalue weighted by Gasteiger charge is 2.28. The molecule has 1 aliphatic rings. The number of benzene rings is 2. The van der Waals surface area contributed by atoms with Gasteiger partial charge in [-0.3, -0.25) is 19.7 Å². The second-order valence-electron chi connectivity index (χ2n) is 8.67. The number of hydrogen-bond acceptors (Lipinski definition) is 8. The number of fused-ring (bicyclic) bond motifs is 1. The second-order valence-corrected chi connectivity index (χ2v) is 10.8. The molecule has 0 saturated carbocycles. The Labute approximate surface area is 221 Å². The molecule has 2 N–H and O–H groups in total. The molecule has 2 amide bonds. The minimum absolute atomic E-state index is 0.0991. The Bertz CT molecular complexity index is 1370. The maximum absolute atomic E-state index is 12.8. The largest absolute Gasteiger partial charge is 0.465 e. The molecule has 1 atom stereocenters. The van der Waals surface area contributed by atoms with Gasteiger partial charge in [-0.1, -0.05) is 19.1 Å². The first-order chi connectivity index (χ1) is 17.7. The smallest absolute Gasteiger partial charge is 0.341 e. The molecule has 1 aliphatic carbocycles. The van der Waals surface area contributed by atoms with Crippen molar-refractivity contribution in [1.82, 2.24) is 0 Å². The third-order valence-electron chi connectivity index (χ3n) is 5.94. The molecule has 192 valence electrons. The van der Waals surface area contributed by atoms with E-state index in [4.69, 9.17) is 4.74 Å². The van der Waals surface area contributed by atoms with Crippen molar-refractivity contribution in [1.29, 1.82) is 0 Å². The first-order valence-corrected chi connectivity index (χ1v) is 13.4. The van der Waals surface area contributed by atoms with Crippen LogP contribution in [-0.2, 0) is 22.4 Å². The molecule has 0 aliphatic heterocycles. The van der Waals surface area contributed by atoms with E-state index in [2.05, 4.69) is 17.6 Å². The molecule has 11 heteroatoms. The van der Waals surface area contributed by atoms with Crippen molar-refractivity contribution in [2.45, 2.75) is 31.1 Å². The predicted molar refractivity (Wildman–Crippen MR) is 144 cm³/mol. The molecule has 0 fully saturated rings. The van der Waals surface area contributed by atoms with E-state index in [1.165, 1.54) is 54.5 Å².